The summed E-state index contributed by atoms with van der Waals surface area (Å²) in [6, 6.07) is 4.32. The first-order valence-electron chi connectivity index (χ1n) is 9.59. The van der Waals surface area contributed by atoms with Gasteiger partial charge in [0.25, 0.3) is 11.8 Å². The molecule has 4 rings (SSSR count). The molecule has 8 heteroatoms. The number of hydrogen-bond acceptors (Lipinski definition) is 6. The molecule has 0 aliphatic carbocycles. The summed E-state index contributed by atoms with van der Waals surface area (Å²) in [5.74, 6) is -1.39. The second-order valence-electron chi connectivity index (χ2n) is 7.53. The van der Waals surface area contributed by atoms with Crippen LogP contribution in [0.4, 0.5) is 5.69 Å². The normalized spacial score (nSPS) is 23.2. The van der Waals surface area contributed by atoms with Crippen LogP contribution in [0.2, 0.25) is 0 Å². The number of piperidine rings is 2. The first-order chi connectivity index (χ1) is 13.5. The molecular formula is C20H23N3O5. The van der Waals surface area contributed by atoms with Gasteiger partial charge in [-0.25, -0.2) is 0 Å². The molecular weight excluding hydrogens is 362 g/mol. The van der Waals surface area contributed by atoms with E-state index in [1.165, 1.54) is 0 Å². The van der Waals surface area contributed by atoms with Gasteiger partial charge in [-0.1, -0.05) is 6.07 Å². The highest BCUT2D eigenvalue weighted by Crippen LogP contribution is 2.35. The summed E-state index contributed by atoms with van der Waals surface area (Å²) in [5, 5.41) is 2.22. The molecule has 0 bridgehead atoms. The molecule has 1 aromatic carbocycles. The second kappa shape index (κ2) is 7.35. The fraction of sp³-hybridized carbons (Fsp3) is 0.500. The minimum absolute atomic E-state index is 0.115. The highest BCUT2D eigenvalue weighted by Gasteiger charge is 2.46. The molecule has 3 aliphatic heterocycles. The molecule has 3 heterocycles. The maximum absolute atomic E-state index is 13.2. The van der Waals surface area contributed by atoms with Gasteiger partial charge >= 0.3 is 0 Å². The Labute approximate surface area is 162 Å². The third-order valence-electron chi connectivity index (χ3n) is 5.80. The Hall–Kier alpha value is -2.74. The number of imide groups is 2. The van der Waals surface area contributed by atoms with Crippen LogP contribution < -0.4 is 10.2 Å². The average molecular weight is 385 g/mol. The van der Waals surface area contributed by atoms with Crippen LogP contribution >= 0.6 is 0 Å². The van der Waals surface area contributed by atoms with Crippen molar-refractivity contribution < 1.29 is 23.9 Å². The molecule has 148 valence electrons. The molecule has 1 atom stereocenters. The molecule has 2 fully saturated rings. The van der Waals surface area contributed by atoms with Crippen molar-refractivity contribution in [2.24, 2.45) is 5.92 Å². The van der Waals surface area contributed by atoms with E-state index in [0.29, 0.717) is 17.0 Å². The zero-order valence-corrected chi connectivity index (χ0v) is 15.8. The van der Waals surface area contributed by atoms with Gasteiger partial charge in [0.05, 0.1) is 16.8 Å². The summed E-state index contributed by atoms with van der Waals surface area (Å²) in [4.78, 5) is 52.8. The van der Waals surface area contributed by atoms with Gasteiger partial charge < -0.3 is 9.64 Å². The quantitative estimate of drug-likeness (QED) is 0.776. The number of ether oxygens (including phenoxy) is 1. The molecule has 28 heavy (non-hydrogen) atoms. The van der Waals surface area contributed by atoms with E-state index in [2.05, 4.69) is 10.2 Å². The van der Waals surface area contributed by atoms with Gasteiger partial charge in [-0.05, 0) is 37.3 Å². The summed E-state index contributed by atoms with van der Waals surface area (Å²) in [6.45, 7) is 2.29. The molecule has 4 amide bonds. The van der Waals surface area contributed by atoms with Crippen LogP contribution in [0.15, 0.2) is 18.2 Å². The zero-order valence-electron chi connectivity index (χ0n) is 15.8. The number of methoxy groups -OCH3 is 1. The fourth-order valence-corrected chi connectivity index (χ4v) is 4.34. The monoisotopic (exact) mass is 385 g/mol. The van der Waals surface area contributed by atoms with Crippen molar-refractivity contribution in [2.75, 3.05) is 31.7 Å². The lowest BCUT2D eigenvalue weighted by molar-refractivity contribution is -0.136. The summed E-state index contributed by atoms with van der Waals surface area (Å²) >= 11 is 0. The molecule has 8 nitrogen and oxygen atoms in total. The Morgan fingerprint density at radius 3 is 2.50 bits per heavy atom. The minimum atomic E-state index is -0.939. The van der Waals surface area contributed by atoms with Crippen molar-refractivity contribution in [1.82, 2.24) is 10.2 Å². The number of nitrogens with one attached hydrogen (secondary N) is 1. The van der Waals surface area contributed by atoms with Crippen molar-refractivity contribution in [2.45, 2.75) is 31.7 Å². The third-order valence-corrected chi connectivity index (χ3v) is 5.80. The summed E-state index contributed by atoms with van der Waals surface area (Å²) in [7, 11) is 1.70. The Kier molecular flexibility index (Phi) is 4.89. The smallest absolute Gasteiger partial charge is 0.264 e. The summed E-state index contributed by atoms with van der Waals surface area (Å²) in [6.07, 6.45) is 2.19. The number of benzene rings is 1. The van der Waals surface area contributed by atoms with Crippen LogP contribution in [0.5, 0.6) is 0 Å². The van der Waals surface area contributed by atoms with E-state index in [1.807, 2.05) is 6.07 Å². The first kappa shape index (κ1) is 18.6. The third kappa shape index (κ3) is 3.07. The number of nitrogens with zero attached hydrogens (tertiary/aromatic N) is 2. The lowest BCUT2D eigenvalue weighted by atomic mass is 9.96. The molecule has 0 spiro atoms. The largest absolute Gasteiger partial charge is 0.384 e. The van der Waals surface area contributed by atoms with E-state index in [4.69, 9.17) is 4.74 Å². The highest BCUT2D eigenvalue weighted by molar-refractivity contribution is 6.25. The van der Waals surface area contributed by atoms with Gasteiger partial charge in [-0.2, -0.15) is 0 Å². The van der Waals surface area contributed by atoms with E-state index in [9.17, 15) is 19.2 Å². The predicted octanol–water partition coefficient (Wildman–Crippen LogP) is 0.951. The first-order valence-corrected chi connectivity index (χ1v) is 9.59. The van der Waals surface area contributed by atoms with E-state index in [1.54, 1.807) is 19.2 Å². The van der Waals surface area contributed by atoms with Crippen molar-refractivity contribution in [3.8, 4) is 0 Å². The highest BCUT2D eigenvalue weighted by atomic mass is 16.5. The predicted molar refractivity (Wildman–Crippen MR) is 99.9 cm³/mol. The van der Waals surface area contributed by atoms with E-state index in [0.717, 1.165) is 43.1 Å². The summed E-state index contributed by atoms with van der Waals surface area (Å²) in [5.41, 5.74) is 1.43. The Morgan fingerprint density at radius 2 is 1.82 bits per heavy atom. The van der Waals surface area contributed by atoms with E-state index < -0.39 is 23.8 Å². The van der Waals surface area contributed by atoms with Crippen LogP contribution in [0, 0.1) is 5.92 Å². The van der Waals surface area contributed by atoms with Crippen molar-refractivity contribution in [1.29, 1.82) is 0 Å². The lowest BCUT2D eigenvalue weighted by Gasteiger charge is -2.34. The number of anilines is 1. The molecule has 1 aromatic rings. The van der Waals surface area contributed by atoms with Crippen LogP contribution in [0.1, 0.15) is 46.4 Å². The maximum Gasteiger partial charge on any atom is 0.264 e. The number of carbonyl (C=O) groups excluding carboxylic acids is 4. The Balaban J connectivity index is 1.60. The van der Waals surface area contributed by atoms with Crippen molar-refractivity contribution >= 4 is 29.3 Å². The lowest BCUT2D eigenvalue weighted by Crippen LogP contribution is -2.54. The molecule has 2 saturated heterocycles. The van der Waals surface area contributed by atoms with Crippen LogP contribution in [-0.4, -0.2) is 61.4 Å². The van der Waals surface area contributed by atoms with Crippen LogP contribution in [-0.2, 0) is 14.3 Å². The number of fused-ring (bicyclic) bond motifs is 1. The van der Waals surface area contributed by atoms with E-state index in [-0.39, 0.29) is 18.7 Å². The zero-order chi connectivity index (χ0) is 19.8. The molecule has 3 aliphatic rings. The van der Waals surface area contributed by atoms with Crippen molar-refractivity contribution in [3.63, 3.8) is 0 Å². The second-order valence-corrected chi connectivity index (χ2v) is 7.53. The van der Waals surface area contributed by atoms with Crippen LogP contribution in [0.25, 0.3) is 0 Å². The molecule has 0 radical (unpaired) electrons. The van der Waals surface area contributed by atoms with Gasteiger partial charge in [-0.15, -0.1) is 0 Å². The van der Waals surface area contributed by atoms with E-state index >= 15 is 0 Å². The topological polar surface area (TPSA) is 96.0 Å². The molecule has 1 N–H and O–H groups in total. The molecule has 1 unspecified atom stereocenters. The average Bonchev–Trinajstić information content (AvgIpc) is 2.94. The SMILES string of the molecule is COCC1CCN(c2cccc3c2C(=O)N(C2CCC(=O)NC2=O)C3=O)CC1. The van der Waals surface area contributed by atoms with Crippen molar-refractivity contribution in [3.05, 3.63) is 29.3 Å². The van der Waals surface area contributed by atoms with Gasteiger partial charge in [0.1, 0.15) is 6.04 Å². The van der Waals surface area contributed by atoms with Gasteiger partial charge in [-0.3, -0.25) is 29.4 Å². The minimum Gasteiger partial charge on any atom is -0.384 e. The molecule has 0 saturated carbocycles. The number of carbonyl (C=O) groups is 4. The fourth-order valence-electron chi connectivity index (χ4n) is 4.34. The Bertz CT molecular complexity index is 844. The number of rotatable bonds is 4. The number of hydrogen-bond donors (Lipinski definition) is 1. The molecule has 0 aromatic heterocycles. The van der Waals surface area contributed by atoms with Gasteiger partial charge in [0.15, 0.2) is 0 Å². The standard InChI is InChI=1S/C20H23N3O5/c1-28-11-12-7-9-22(10-8-12)14-4-2-3-13-17(14)20(27)23(19(13)26)15-5-6-16(24)21-18(15)25/h2-4,12,15H,5-11H2,1H3,(H,21,24,25). The summed E-state index contributed by atoms with van der Waals surface area (Å²) < 4.78 is 5.24. The number of amides is 4. The Morgan fingerprint density at radius 1 is 1.07 bits per heavy atom. The maximum atomic E-state index is 13.2. The van der Waals surface area contributed by atoms with Crippen LogP contribution in [0.3, 0.4) is 0 Å². The van der Waals surface area contributed by atoms with Gasteiger partial charge in [0.2, 0.25) is 11.8 Å². The van der Waals surface area contributed by atoms with Gasteiger partial charge in [0, 0.05) is 33.2 Å².